The van der Waals surface area contributed by atoms with E-state index in [1.54, 1.807) is 4.40 Å². The highest BCUT2D eigenvalue weighted by molar-refractivity contribution is 14.1. The monoisotopic (exact) mass is 399 g/mol. The number of nitrogens with one attached hydrogen (secondary N) is 1. The van der Waals surface area contributed by atoms with Crippen LogP contribution in [0.4, 0.5) is 0 Å². The van der Waals surface area contributed by atoms with Crippen molar-refractivity contribution in [3.05, 3.63) is 50.1 Å². The quantitative estimate of drug-likeness (QED) is 0.457. The minimum Gasteiger partial charge on any atom is -0.286 e. The Morgan fingerprint density at radius 3 is 2.94 bits per heavy atom. The van der Waals surface area contributed by atoms with E-state index in [1.807, 2.05) is 36.5 Å². The molecule has 0 aliphatic rings. The van der Waals surface area contributed by atoms with E-state index in [2.05, 4.69) is 43.5 Å². The Balaban J connectivity index is 2.64. The van der Waals surface area contributed by atoms with Crippen LogP contribution in [0.15, 0.2) is 41.0 Å². The zero-order chi connectivity index (χ0) is 12.0. The van der Waals surface area contributed by atoms with E-state index in [4.69, 9.17) is 5.41 Å². The summed E-state index contributed by atoms with van der Waals surface area (Å²) < 4.78 is 3.80. The number of rotatable bonds is 0. The summed E-state index contributed by atoms with van der Waals surface area (Å²) in [6.45, 7) is 0. The lowest BCUT2D eigenvalue weighted by molar-refractivity contribution is 1.00. The highest BCUT2D eigenvalue weighted by Crippen LogP contribution is 2.23. The Bertz CT molecular complexity index is 795. The van der Waals surface area contributed by atoms with Gasteiger partial charge in [-0.3, -0.25) is 9.81 Å². The molecule has 17 heavy (non-hydrogen) atoms. The van der Waals surface area contributed by atoms with Crippen LogP contribution in [0.1, 0.15) is 0 Å². The van der Waals surface area contributed by atoms with Gasteiger partial charge in [0.15, 0.2) is 0 Å². The van der Waals surface area contributed by atoms with Crippen LogP contribution in [0.5, 0.6) is 0 Å². The van der Waals surface area contributed by atoms with Crippen LogP contribution in [-0.4, -0.2) is 9.38 Å². The van der Waals surface area contributed by atoms with Crippen LogP contribution in [0, 0.1) is 8.98 Å². The molecule has 0 spiro atoms. The molecule has 0 amide bonds. The van der Waals surface area contributed by atoms with Gasteiger partial charge in [-0.05, 0) is 62.8 Å². The Kier molecular flexibility index (Phi) is 2.67. The van der Waals surface area contributed by atoms with Gasteiger partial charge in [-0.2, -0.15) is 0 Å². The minimum absolute atomic E-state index is 0.453. The Hall–Kier alpha value is -0.950. The van der Waals surface area contributed by atoms with Crippen LogP contribution in [-0.2, 0) is 0 Å². The number of halogens is 2. The predicted octanol–water partition coefficient (Wildman–Crippen LogP) is 3.33. The maximum atomic E-state index is 8.23. The Morgan fingerprint density at radius 1 is 1.29 bits per heavy atom. The summed E-state index contributed by atoms with van der Waals surface area (Å²) in [5, 5.41) is 9.08. The molecule has 0 fully saturated rings. The second-order valence-electron chi connectivity index (χ2n) is 3.67. The van der Waals surface area contributed by atoms with E-state index in [9.17, 15) is 0 Å². The van der Waals surface area contributed by atoms with E-state index >= 15 is 0 Å². The molecular formula is C12H7BrIN3. The third-order valence-corrected chi connectivity index (χ3v) is 3.83. The van der Waals surface area contributed by atoms with Gasteiger partial charge in [0.25, 0.3) is 0 Å². The molecule has 3 aromatic rings. The van der Waals surface area contributed by atoms with Crippen LogP contribution < -0.4 is 5.49 Å². The molecule has 0 saturated heterocycles. The van der Waals surface area contributed by atoms with Crippen molar-refractivity contribution in [2.75, 3.05) is 0 Å². The van der Waals surface area contributed by atoms with Crippen LogP contribution in [0.3, 0.4) is 0 Å². The lowest BCUT2D eigenvalue weighted by Crippen LogP contribution is -2.15. The number of benzene rings is 1. The maximum Gasteiger partial charge on any atom is 0.141 e. The number of fused-ring (bicyclic) bond motifs is 2. The van der Waals surface area contributed by atoms with E-state index in [0.717, 1.165) is 24.6 Å². The lowest BCUT2D eigenvalue weighted by atomic mass is 10.2. The molecule has 1 N–H and O–H groups in total. The molecule has 0 aliphatic heterocycles. The maximum absolute atomic E-state index is 8.23. The molecule has 0 saturated carbocycles. The van der Waals surface area contributed by atoms with Gasteiger partial charge in [-0.1, -0.05) is 6.07 Å². The standard InChI is InChI=1S/C12H7BrIN3/c13-8-5-7(14)6-9-11(8)12(15)17-4-2-1-3-10(17)16-9/h1-6,15H. The fourth-order valence-electron chi connectivity index (χ4n) is 1.84. The Labute approximate surface area is 119 Å². The largest absolute Gasteiger partial charge is 0.286 e. The highest BCUT2D eigenvalue weighted by atomic mass is 127. The summed E-state index contributed by atoms with van der Waals surface area (Å²) >= 11 is 5.76. The zero-order valence-corrected chi connectivity index (χ0v) is 12.4. The van der Waals surface area contributed by atoms with Gasteiger partial charge in [-0.15, -0.1) is 0 Å². The van der Waals surface area contributed by atoms with Crippen molar-refractivity contribution in [1.82, 2.24) is 9.38 Å². The van der Waals surface area contributed by atoms with E-state index in [-0.39, 0.29) is 0 Å². The Morgan fingerprint density at radius 2 is 2.12 bits per heavy atom. The fraction of sp³-hybridized carbons (Fsp3) is 0. The van der Waals surface area contributed by atoms with Gasteiger partial charge in [0.05, 0.1) is 10.9 Å². The van der Waals surface area contributed by atoms with Gasteiger partial charge < -0.3 is 0 Å². The first kappa shape index (κ1) is 11.2. The molecular weight excluding hydrogens is 393 g/mol. The molecule has 0 bridgehead atoms. The van der Waals surface area contributed by atoms with Crippen molar-refractivity contribution in [3.63, 3.8) is 0 Å². The molecule has 84 valence electrons. The molecule has 2 heterocycles. The van der Waals surface area contributed by atoms with Gasteiger partial charge in [0.1, 0.15) is 11.1 Å². The van der Waals surface area contributed by atoms with Gasteiger partial charge in [0, 0.05) is 14.2 Å². The number of pyridine rings is 1. The van der Waals surface area contributed by atoms with Crippen molar-refractivity contribution >= 4 is 55.1 Å². The molecule has 0 atom stereocenters. The average Bonchev–Trinajstić information content (AvgIpc) is 2.28. The highest BCUT2D eigenvalue weighted by Gasteiger charge is 2.07. The third kappa shape index (κ3) is 1.77. The first-order chi connectivity index (χ1) is 8.16. The molecule has 0 aliphatic carbocycles. The van der Waals surface area contributed by atoms with Crippen LogP contribution >= 0.6 is 38.5 Å². The summed E-state index contributed by atoms with van der Waals surface area (Å²) in [4.78, 5) is 4.57. The summed E-state index contributed by atoms with van der Waals surface area (Å²) in [7, 11) is 0. The van der Waals surface area contributed by atoms with E-state index < -0.39 is 0 Å². The normalized spacial score (nSPS) is 11.2. The number of hydrogen-bond donors (Lipinski definition) is 1. The van der Waals surface area contributed by atoms with Gasteiger partial charge in [0.2, 0.25) is 0 Å². The van der Waals surface area contributed by atoms with Crippen molar-refractivity contribution in [2.24, 2.45) is 0 Å². The van der Waals surface area contributed by atoms with Crippen molar-refractivity contribution < 1.29 is 0 Å². The summed E-state index contributed by atoms with van der Waals surface area (Å²) in [6, 6.07) is 9.73. The zero-order valence-electron chi connectivity index (χ0n) is 8.61. The summed E-state index contributed by atoms with van der Waals surface area (Å²) in [6.07, 6.45) is 1.86. The molecule has 2 aromatic heterocycles. The fourth-order valence-corrected chi connectivity index (χ4v) is 3.51. The summed E-state index contributed by atoms with van der Waals surface area (Å²) in [5.74, 6) is 0. The summed E-state index contributed by atoms with van der Waals surface area (Å²) in [5.41, 5.74) is 2.09. The SMILES string of the molecule is N=c1c2c(Br)cc(I)cc2nc2ccccn12. The first-order valence-electron chi connectivity index (χ1n) is 4.97. The number of hydrogen-bond acceptors (Lipinski definition) is 2. The average molecular weight is 400 g/mol. The second-order valence-corrected chi connectivity index (χ2v) is 5.77. The predicted molar refractivity (Wildman–Crippen MR) is 79.0 cm³/mol. The molecule has 0 unspecified atom stereocenters. The molecule has 5 heteroatoms. The van der Waals surface area contributed by atoms with Crippen LogP contribution in [0.2, 0.25) is 0 Å². The number of nitrogens with zero attached hydrogens (tertiary/aromatic N) is 2. The van der Waals surface area contributed by atoms with Crippen LogP contribution in [0.25, 0.3) is 16.6 Å². The molecule has 1 aromatic carbocycles. The molecule has 0 radical (unpaired) electrons. The lowest BCUT2D eigenvalue weighted by Gasteiger charge is -2.06. The van der Waals surface area contributed by atoms with E-state index in [0.29, 0.717) is 5.49 Å². The van der Waals surface area contributed by atoms with Crippen molar-refractivity contribution in [3.8, 4) is 0 Å². The van der Waals surface area contributed by atoms with Crippen molar-refractivity contribution in [1.29, 1.82) is 5.41 Å². The van der Waals surface area contributed by atoms with E-state index in [1.165, 1.54) is 0 Å². The van der Waals surface area contributed by atoms with Gasteiger partial charge >= 0.3 is 0 Å². The molecule has 3 rings (SSSR count). The second kappa shape index (κ2) is 4.06. The number of aromatic nitrogens is 2. The van der Waals surface area contributed by atoms with Gasteiger partial charge in [-0.25, -0.2) is 4.98 Å². The first-order valence-corrected chi connectivity index (χ1v) is 6.85. The smallest absolute Gasteiger partial charge is 0.141 e. The topological polar surface area (TPSA) is 41.2 Å². The molecule has 3 nitrogen and oxygen atoms in total. The van der Waals surface area contributed by atoms with Crippen molar-refractivity contribution in [2.45, 2.75) is 0 Å². The minimum atomic E-state index is 0.453. The third-order valence-electron chi connectivity index (χ3n) is 2.59.